The van der Waals surface area contributed by atoms with Crippen molar-refractivity contribution < 1.29 is 0 Å². The molecule has 0 spiro atoms. The zero-order chi connectivity index (χ0) is 29.4. The van der Waals surface area contributed by atoms with Crippen LogP contribution >= 0.6 is 0 Å². The van der Waals surface area contributed by atoms with Crippen LogP contribution in [0.15, 0.2) is 97.1 Å². The van der Waals surface area contributed by atoms with E-state index >= 15 is 0 Å². The van der Waals surface area contributed by atoms with Gasteiger partial charge in [0.2, 0.25) is 0 Å². The molecule has 4 aliphatic carbocycles. The summed E-state index contributed by atoms with van der Waals surface area (Å²) in [6, 6.07) is 36.9. The van der Waals surface area contributed by atoms with E-state index in [1.54, 1.807) is 0 Å². The van der Waals surface area contributed by atoms with Gasteiger partial charge in [-0.2, -0.15) is 0 Å². The summed E-state index contributed by atoms with van der Waals surface area (Å²) < 4.78 is 0. The van der Waals surface area contributed by atoms with E-state index in [9.17, 15) is 0 Å². The van der Waals surface area contributed by atoms with E-state index in [1.165, 1.54) is 77.9 Å². The number of rotatable bonds is 0. The number of hydrogen-bond donors (Lipinski definition) is 0. The summed E-state index contributed by atoms with van der Waals surface area (Å²) in [5.74, 6) is 15.5. The van der Waals surface area contributed by atoms with Gasteiger partial charge in [0.05, 0.1) is 0 Å². The van der Waals surface area contributed by atoms with E-state index in [2.05, 4.69) is 121 Å². The molecule has 4 aliphatic rings. The van der Waals surface area contributed by atoms with Crippen molar-refractivity contribution in [3.8, 4) is 23.7 Å². The Bertz CT molecular complexity index is 1850. The van der Waals surface area contributed by atoms with Gasteiger partial charge < -0.3 is 0 Å². The molecular formula is C44H34. The van der Waals surface area contributed by atoms with Crippen LogP contribution in [0.25, 0.3) is 0 Å². The normalized spacial score (nSPS) is 21.1. The Morgan fingerprint density at radius 3 is 0.886 bits per heavy atom. The van der Waals surface area contributed by atoms with E-state index in [1.807, 2.05) is 13.8 Å². The highest BCUT2D eigenvalue weighted by atomic mass is 14.5. The largest absolute Gasteiger partial charge is 0.101 e. The molecule has 0 nitrogen and oxygen atoms in total. The van der Waals surface area contributed by atoms with Crippen molar-refractivity contribution in [2.75, 3.05) is 0 Å². The molecule has 0 radical (unpaired) electrons. The number of benzene rings is 5. The van der Waals surface area contributed by atoms with Gasteiger partial charge in [-0.25, -0.2) is 0 Å². The van der Waals surface area contributed by atoms with Crippen molar-refractivity contribution in [3.63, 3.8) is 0 Å². The first-order chi connectivity index (χ1) is 21.8. The molecule has 5 aromatic rings. The lowest BCUT2D eigenvalue weighted by Gasteiger charge is -2.30. The predicted octanol–water partition coefficient (Wildman–Crippen LogP) is 9.18. The van der Waals surface area contributed by atoms with Crippen molar-refractivity contribution in [1.82, 2.24) is 0 Å². The molecule has 9 rings (SSSR count). The van der Waals surface area contributed by atoms with Crippen LogP contribution in [0.3, 0.4) is 0 Å². The van der Waals surface area contributed by atoms with Gasteiger partial charge in [-0.05, 0) is 106 Å². The monoisotopic (exact) mass is 562 g/mol. The summed E-state index contributed by atoms with van der Waals surface area (Å²) in [5.41, 5.74) is 20.2. The summed E-state index contributed by atoms with van der Waals surface area (Å²) in [6.07, 6.45) is 3.99. The molecule has 4 unspecified atom stereocenters. The van der Waals surface area contributed by atoms with E-state index < -0.39 is 0 Å². The Labute approximate surface area is 261 Å². The third-order valence-electron chi connectivity index (χ3n) is 11.0. The lowest BCUT2D eigenvalue weighted by Crippen LogP contribution is -2.17. The van der Waals surface area contributed by atoms with Gasteiger partial charge in [0.1, 0.15) is 0 Å². The lowest BCUT2D eigenvalue weighted by molar-refractivity contribution is 0.755. The van der Waals surface area contributed by atoms with Gasteiger partial charge >= 0.3 is 0 Å². The zero-order valence-corrected chi connectivity index (χ0v) is 25.4. The minimum Gasteiger partial charge on any atom is -0.101 e. The minimum absolute atomic E-state index is 0.245. The van der Waals surface area contributed by atoms with Crippen molar-refractivity contribution in [1.29, 1.82) is 0 Å². The summed E-state index contributed by atoms with van der Waals surface area (Å²) in [4.78, 5) is 0. The van der Waals surface area contributed by atoms with Crippen LogP contribution in [-0.4, -0.2) is 0 Å². The maximum absolute atomic E-state index is 3.83. The molecule has 210 valence electrons. The van der Waals surface area contributed by atoms with Gasteiger partial charge in [0, 0.05) is 34.8 Å². The van der Waals surface area contributed by atoms with Crippen LogP contribution in [-0.2, 0) is 25.7 Å². The third kappa shape index (κ3) is 3.55. The van der Waals surface area contributed by atoms with E-state index in [-0.39, 0.29) is 23.7 Å². The average Bonchev–Trinajstić information content (AvgIpc) is 3.41. The predicted molar refractivity (Wildman–Crippen MR) is 180 cm³/mol. The molecule has 0 saturated heterocycles. The fourth-order valence-electron chi connectivity index (χ4n) is 9.39. The molecule has 5 aromatic carbocycles. The maximum Gasteiger partial charge on any atom is 0.0328 e. The molecule has 0 heteroatoms. The summed E-state index contributed by atoms with van der Waals surface area (Å²) >= 11 is 0. The quantitative estimate of drug-likeness (QED) is 0.165. The van der Waals surface area contributed by atoms with E-state index in [0.29, 0.717) is 0 Å². The summed E-state index contributed by atoms with van der Waals surface area (Å²) in [5, 5.41) is 0. The molecular weight excluding hydrogens is 528 g/mol. The molecule has 0 heterocycles. The minimum atomic E-state index is 0.245. The Kier molecular flexibility index (Phi) is 5.77. The van der Waals surface area contributed by atoms with E-state index in [0.717, 1.165) is 25.7 Å². The first-order valence-corrected chi connectivity index (χ1v) is 16.2. The molecule has 0 saturated carbocycles. The standard InChI is InChI=1S/C44H34/c1-3-13-35-41-37-23-27-15-7-11-21-33(27)39(25-29-17-5-9-19-31(29)37)43(41)36(14-4-2)44-40-26-30-18-6-10-20-32(30)38(42(35)44)24-28-16-8-12-22-34(28)40/h5-12,15-22,37-40H,23-26H2,1-2H3. The van der Waals surface area contributed by atoms with Gasteiger partial charge in [0.15, 0.2) is 0 Å². The first kappa shape index (κ1) is 25.7. The fourth-order valence-corrected chi connectivity index (χ4v) is 9.39. The Balaban J connectivity index is 1.49. The molecule has 44 heavy (non-hydrogen) atoms. The topological polar surface area (TPSA) is 0 Å². The van der Waals surface area contributed by atoms with Crippen LogP contribution in [0.5, 0.6) is 0 Å². The maximum atomic E-state index is 3.83. The SMILES string of the molecule is CC#Cc1c2c(c(C#CC)c3c1C1Cc4ccccc4C3Cc3ccccc31)C1Cc3ccccc3C2Cc2ccccc21. The molecule has 4 bridgehead atoms. The summed E-state index contributed by atoms with van der Waals surface area (Å²) in [7, 11) is 0. The highest BCUT2D eigenvalue weighted by molar-refractivity contribution is 5.74. The molecule has 0 N–H and O–H groups in total. The zero-order valence-electron chi connectivity index (χ0n) is 25.4. The Hall–Kier alpha value is -4.78. The van der Waals surface area contributed by atoms with Crippen LogP contribution < -0.4 is 0 Å². The lowest BCUT2D eigenvalue weighted by atomic mass is 9.72. The second-order valence-corrected chi connectivity index (χ2v) is 13.0. The average molecular weight is 563 g/mol. The second-order valence-electron chi connectivity index (χ2n) is 13.0. The van der Waals surface area contributed by atoms with Gasteiger partial charge in [-0.1, -0.05) is 109 Å². The second kappa shape index (κ2) is 9.88. The molecule has 0 fully saturated rings. The smallest absolute Gasteiger partial charge is 0.0328 e. The Morgan fingerprint density at radius 2 is 0.636 bits per heavy atom. The molecule has 0 aromatic heterocycles. The van der Waals surface area contributed by atoms with E-state index in [4.69, 9.17) is 0 Å². The van der Waals surface area contributed by atoms with Crippen molar-refractivity contribution in [2.24, 2.45) is 0 Å². The van der Waals surface area contributed by atoms with Crippen molar-refractivity contribution in [2.45, 2.75) is 63.2 Å². The molecule has 4 atom stereocenters. The van der Waals surface area contributed by atoms with Crippen LogP contribution in [0.4, 0.5) is 0 Å². The summed E-state index contributed by atoms with van der Waals surface area (Å²) in [6.45, 7) is 4.05. The van der Waals surface area contributed by atoms with Gasteiger partial charge in [-0.15, -0.1) is 11.8 Å². The fraction of sp³-hybridized carbons (Fsp3) is 0.227. The van der Waals surface area contributed by atoms with Crippen LogP contribution in [0.1, 0.15) is 115 Å². The van der Waals surface area contributed by atoms with Crippen LogP contribution in [0, 0.1) is 23.7 Å². The van der Waals surface area contributed by atoms with Crippen LogP contribution in [0.2, 0.25) is 0 Å². The highest BCUT2D eigenvalue weighted by Gasteiger charge is 2.44. The van der Waals surface area contributed by atoms with Gasteiger partial charge in [0.25, 0.3) is 0 Å². The first-order valence-electron chi connectivity index (χ1n) is 16.2. The highest BCUT2D eigenvalue weighted by Crippen LogP contribution is 2.57. The van der Waals surface area contributed by atoms with Gasteiger partial charge in [-0.3, -0.25) is 0 Å². The van der Waals surface area contributed by atoms with Crippen molar-refractivity contribution in [3.05, 3.63) is 175 Å². The third-order valence-corrected chi connectivity index (χ3v) is 11.0. The molecule has 0 aliphatic heterocycles. The number of hydrogen-bond acceptors (Lipinski definition) is 0. The Morgan fingerprint density at radius 1 is 0.386 bits per heavy atom. The molecule has 0 amide bonds. The number of fused-ring (bicyclic) bond motifs is 8. The van der Waals surface area contributed by atoms with Crippen molar-refractivity contribution >= 4 is 0 Å².